The van der Waals surface area contributed by atoms with Gasteiger partial charge in [-0.25, -0.2) is 13.4 Å². The normalized spacial score (nSPS) is 10.8. The molecule has 0 spiro atoms. The average molecular weight is 346 g/mol. The lowest BCUT2D eigenvalue weighted by molar-refractivity contribution is 0.601. The van der Waals surface area contributed by atoms with E-state index in [9.17, 15) is 13.2 Å². The van der Waals surface area contributed by atoms with Crippen LogP contribution in [0.4, 0.5) is 0 Å². The van der Waals surface area contributed by atoms with Crippen LogP contribution in [0, 0.1) is 22.7 Å². The van der Waals surface area contributed by atoms with Crippen LogP contribution in [0.25, 0.3) is 11.3 Å². The Balaban J connectivity index is 2.79. The molecular formula is C14H10N4O3S2. The van der Waals surface area contributed by atoms with E-state index in [0.717, 1.165) is 6.26 Å². The number of benzene rings is 1. The Bertz CT molecular complexity index is 1030. The van der Waals surface area contributed by atoms with Crippen molar-refractivity contribution in [3.63, 3.8) is 0 Å². The number of hydrogen-bond donors (Lipinski definition) is 1. The molecule has 9 heteroatoms. The molecule has 0 saturated carbocycles. The third kappa shape index (κ3) is 3.26. The lowest BCUT2D eigenvalue weighted by atomic mass is 10.1. The second kappa shape index (κ2) is 6.24. The number of nitriles is 2. The van der Waals surface area contributed by atoms with E-state index in [0.29, 0.717) is 10.7 Å². The number of H-pyrrole nitrogens is 1. The van der Waals surface area contributed by atoms with Crippen molar-refractivity contribution in [3.8, 4) is 23.4 Å². The molecule has 7 nitrogen and oxygen atoms in total. The first-order valence-corrected chi connectivity index (χ1v) is 9.26. The highest BCUT2D eigenvalue weighted by Gasteiger charge is 2.18. The van der Waals surface area contributed by atoms with Gasteiger partial charge in [0.1, 0.15) is 17.7 Å². The third-order valence-corrected chi connectivity index (χ3v) is 4.71. The Labute approximate surface area is 136 Å². The van der Waals surface area contributed by atoms with E-state index in [1.165, 1.54) is 30.0 Å². The molecule has 23 heavy (non-hydrogen) atoms. The number of nitrogens with one attached hydrogen (secondary N) is 1. The minimum atomic E-state index is -3.56. The maximum absolute atomic E-state index is 11.9. The molecule has 0 fully saturated rings. The number of aromatic nitrogens is 2. The van der Waals surface area contributed by atoms with E-state index >= 15 is 0 Å². The molecule has 0 saturated heterocycles. The fourth-order valence-corrected chi connectivity index (χ4v) is 3.15. The first kappa shape index (κ1) is 16.7. The first-order valence-electron chi connectivity index (χ1n) is 6.14. The zero-order valence-corrected chi connectivity index (χ0v) is 13.7. The fourth-order valence-electron chi connectivity index (χ4n) is 1.95. The molecule has 0 atom stereocenters. The SMILES string of the molecule is CSc1nc(-c2ccc(S(C)(=O)=O)c(C#N)c2)c(C#N)c(=O)[nH]1. The number of rotatable bonds is 3. The van der Waals surface area contributed by atoms with E-state index in [-0.39, 0.29) is 21.7 Å². The zero-order chi connectivity index (χ0) is 17.2. The van der Waals surface area contributed by atoms with Crippen LogP contribution >= 0.6 is 11.8 Å². The van der Waals surface area contributed by atoms with Gasteiger partial charge in [-0.1, -0.05) is 17.8 Å². The van der Waals surface area contributed by atoms with E-state index in [1.807, 2.05) is 6.07 Å². The van der Waals surface area contributed by atoms with Crippen molar-refractivity contribution < 1.29 is 8.42 Å². The summed E-state index contributed by atoms with van der Waals surface area (Å²) in [5.74, 6) is 0. The van der Waals surface area contributed by atoms with E-state index < -0.39 is 15.4 Å². The minimum Gasteiger partial charge on any atom is -0.300 e. The fraction of sp³-hybridized carbons (Fsp3) is 0.143. The molecule has 0 unspecified atom stereocenters. The summed E-state index contributed by atoms with van der Waals surface area (Å²) >= 11 is 1.19. The molecule has 0 aliphatic rings. The van der Waals surface area contributed by atoms with E-state index in [2.05, 4.69) is 9.97 Å². The monoisotopic (exact) mass is 346 g/mol. The molecule has 1 heterocycles. The van der Waals surface area contributed by atoms with Crippen molar-refractivity contribution in [2.45, 2.75) is 10.1 Å². The van der Waals surface area contributed by atoms with Crippen LogP contribution in [-0.2, 0) is 9.84 Å². The van der Waals surface area contributed by atoms with Crippen molar-refractivity contribution in [3.05, 3.63) is 39.7 Å². The van der Waals surface area contributed by atoms with Gasteiger partial charge < -0.3 is 4.98 Å². The van der Waals surface area contributed by atoms with Gasteiger partial charge in [-0.2, -0.15) is 10.5 Å². The second-order valence-corrected chi connectivity index (χ2v) is 7.28. The van der Waals surface area contributed by atoms with Crippen molar-refractivity contribution in [1.82, 2.24) is 9.97 Å². The Morgan fingerprint density at radius 2 is 1.96 bits per heavy atom. The summed E-state index contributed by atoms with van der Waals surface area (Å²) in [5, 5.41) is 18.6. The maximum Gasteiger partial charge on any atom is 0.270 e. The molecule has 0 aliphatic carbocycles. The predicted octanol–water partition coefficient (Wildman–Crippen LogP) is 1.31. The summed E-state index contributed by atoms with van der Waals surface area (Å²) in [6, 6.07) is 7.59. The quantitative estimate of drug-likeness (QED) is 0.655. The molecule has 0 bridgehead atoms. The van der Waals surface area contributed by atoms with Gasteiger partial charge in [0.15, 0.2) is 15.0 Å². The summed E-state index contributed by atoms with van der Waals surface area (Å²) in [6.07, 6.45) is 2.71. The molecule has 116 valence electrons. The highest BCUT2D eigenvalue weighted by Crippen LogP contribution is 2.25. The van der Waals surface area contributed by atoms with Gasteiger partial charge in [0.05, 0.1) is 16.2 Å². The van der Waals surface area contributed by atoms with Crippen LogP contribution in [0.15, 0.2) is 33.0 Å². The molecule has 0 aliphatic heterocycles. The summed E-state index contributed by atoms with van der Waals surface area (Å²) < 4.78 is 23.3. The second-order valence-electron chi connectivity index (χ2n) is 4.51. The standard InChI is InChI=1S/C14H10N4O3S2/c1-22-14-17-12(10(7-16)13(19)18-14)8-3-4-11(23(2,20)21)9(5-8)6-15/h3-5H,1-2H3,(H,17,18,19). The van der Waals surface area contributed by atoms with E-state index in [4.69, 9.17) is 10.5 Å². The molecule has 0 amide bonds. The van der Waals surface area contributed by atoms with Crippen LogP contribution in [0.5, 0.6) is 0 Å². The lowest BCUT2D eigenvalue weighted by Crippen LogP contribution is -2.14. The van der Waals surface area contributed by atoms with Crippen molar-refractivity contribution >= 4 is 21.6 Å². The number of sulfone groups is 1. The largest absolute Gasteiger partial charge is 0.300 e. The van der Waals surface area contributed by atoms with Gasteiger partial charge in [0.25, 0.3) is 5.56 Å². The van der Waals surface area contributed by atoms with Gasteiger partial charge in [-0.05, 0) is 18.4 Å². The topological polar surface area (TPSA) is 127 Å². The Kier molecular flexibility index (Phi) is 4.55. The van der Waals surface area contributed by atoms with Crippen LogP contribution in [-0.4, -0.2) is 30.9 Å². The Hall–Kier alpha value is -2.62. The third-order valence-electron chi connectivity index (χ3n) is 2.98. The van der Waals surface area contributed by atoms with Gasteiger partial charge in [0.2, 0.25) is 0 Å². The van der Waals surface area contributed by atoms with Gasteiger partial charge >= 0.3 is 0 Å². The number of aromatic amines is 1. The Morgan fingerprint density at radius 1 is 1.26 bits per heavy atom. The average Bonchev–Trinajstić information content (AvgIpc) is 2.52. The van der Waals surface area contributed by atoms with Crippen LogP contribution in [0.3, 0.4) is 0 Å². The summed E-state index contributed by atoms with van der Waals surface area (Å²) in [4.78, 5) is 18.4. The van der Waals surface area contributed by atoms with Crippen molar-refractivity contribution in [1.29, 1.82) is 10.5 Å². The Morgan fingerprint density at radius 3 is 2.48 bits per heavy atom. The highest BCUT2D eigenvalue weighted by atomic mass is 32.2. The molecule has 1 aromatic heterocycles. The summed E-state index contributed by atoms with van der Waals surface area (Å²) in [7, 11) is -3.56. The molecule has 0 radical (unpaired) electrons. The summed E-state index contributed by atoms with van der Waals surface area (Å²) in [5.41, 5.74) is -0.419. The van der Waals surface area contributed by atoms with Crippen LogP contribution < -0.4 is 5.56 Å². The summed E-state index contributed by atoms with van der Waals surface area (Å²) in [6.45, 7) is 0. The number of thioether (sulfide) groups is 1. The minimum absolute atomic E-state index is 0.0679. The maximum atomic E-state index is 11.9. The van der Waals surface area contributed by atoms with Crippen molar-refractivity contribution in [2.24, 2.45) is 0 Å². The predicted molar refractivity (Wildman–Crippen MR) is 84.6 cm³/mol. The number of hydrogen-bond acceptors (Lipinski definition) is 7. The van der Waals surface area contributed by atoms with Gasteiger partial charge in [-0.3, -0.25) is 4.79 Å². The van der Waals surface area contributed by atoms with Gasteiger partial charge in [0, 0.05) is 11.8 Å². The molecular weight excluding hydrogens is 336 g/mol. The number of nitrogens with zero attached hydrogens (tertiary/aromatic N) is 3. The molecule has 1 aromatic carbocycles. The van der Waals surface area contributed by atoms with Crippen LogP contribution in [0.1, 0.15) is 11.1 Å². The first-order chi connectivity index (χ1) is 10.8. The zero-order valence-electron chi connectivity index (χ0n) is 12.1. The highest BCUT2D eigenvalue weighted by molar-refractivity contribution is 7.98. The molecule has 2 rings (SSSR count). The lowest BCUT2D eigenvalue weighted by Gasteiger charge is -2.07. The van der Waals surface area contributed by atoms with Crippen LogP contribution in [0.2, 0.25) is 0 Å². The molecule has 2 aromatic rings. The van der Waals surface area contributed by atoms with Crippen molar-refractivity contribution in [2.75, 3.05) is 12.5 Å². The van der Waals surface area contributed by atoms with E-state index in [1.54, 1.807) is 12.3 Å². The van der Waals surface area contributed by atoms with Gasteiger partial charge in [-0.15, -0.1) is 0 Å². The smallest absolute Gasteiger partial charge is 0.270 e. The molecule has 1 N–H and O–H groups in total.